The van der Waals surface area contributed by atoms with E-state index < -0.39 is 5.91 Å². The van der Waals surface area contributed by atoms with Crippen LogP contribution in [0.3, 0.4) is 0 Å². The fourth-order valence-corrected chi connectivity index (χ4v) is 5.66. The third kappa shape index (κ3) is 4.97. The van der Waals surface area contributed by atoms with Crippen LogP contribution in [0.4, 0.5) is 11.6 Å². The van der Waals surface area contributed by atoms with E-state index in [0.29, 0.717) is 16.7 Å². The molecule has 182 valence electrons. The van der Waals surface area contributed by atoms with E-state index in [1.807, 2.05) is 12.1 Å². The molecular weight excluding hydrogens is 486 g/mol. The quantitative estimate of drug-likeness (QED) is 0.528. The first-order valence-electron chi connectivity index (χ1n) is 11.4. The first-order chi connectivity index (χ1) is 16.9. The number of carbonyl (C=O) groups excluding carboxylic acids is 1. The van der Waals surface area contributed by atoms with Crippen molar-refractivity contribution in [3.63, 3.8) is 0 Å². The van der Waals surface area contributed by atoms with Gasteiger partial charge in [-0.15, -0.1) is 0 Å². The standard InChI is InChI=1S/C24H26ClN7O2S/c1-15-20(26)24(14-34-15)6-10-32(11-7-24)23-29-12-16(13-30-23)35-18-5-2-4-17(19(18)25)31-22(33)21-27-8-3-9-28-21/h2-5,8-9,12-13,15,20H,6-7,10-11,14,26H2,1H3,(H,31,33)/t15-,20+/m0/s1. The van der Waals surface area contributed by atoms with Crippen LogP contribution in [-0.4, -0.2) is 57.7 Å². The number of hydrogen-bond acceptors (Lipinski definition) is 9. The summed E-state index contributed by atoms with van der Waals surface area (Å²) in [6, 6.07) is 7.17. The number of anilines is 2. The summed E-state index contributed by atoms with van der Waals surface area (Å²) >= 11 is 8.01. The molecule has 0 radical (unpaired) electrons. The van der Waals surface area contributed by atoms with Crippen LogP contribution in [0.5, 0.6) is 0 Å². The number of carbonyl (C=O) groups is 1. The van der Waals surface area contributed by atoms with Gasteiger partial charge in [0.05, 0.1) is 23.4 Å². The Hall–Kier alpha value is -2.79. The van der Waals surface area contributed by atoms with E-state index in [-0.39, 0.29) is 23.4 Å². The maximum Gasteiger partial charge on any atom is 0.293 e. The van der Waals surface area contributed by atoms with Gasteiger partial charge >= 0.3 is 0 Å². The zero-order valence-electron chi connectivity index (χ0n) is 19.2. The summed E-state index contributed by atoms with van der Waals surface area (Å²) in [6.07, 6.45) is 8.67. The molecule has 0 aliphatic carbocycles. The first-order valence-corrected chi connectivity index (χ1v) is 12.6. The van der Waals surface area contributed by atoms with Gasteiger partial charge in [0.1, 0.15) is 0 Å². The lowest BCUT2D eigenvalue weighted by Crippen LogP contribution is -2.50. The Kier molecular flexibility index (Phi) is 6.88. The van der Waals surface area contributed by atoms with Gasteiger partial charge in [-0.25, -0.2) is 19.9 Å². The molecule has 0 bridgehead atoms. The summed E-state index contributed by atoms with van der Waals surface area (Å²) in [4.78, 5) is 33.3. The van der Waals surface area contributed by atoms with Crippen molar-refractivity contribution < 1.29 is 9.53 Å². The first kappa shape index (κ1) is 23.9. The van der Waals surface area contributed by atoms with E-state index in [0.717, 1.165) is 42.3 Å². The van der Waals surface area contributed by atoms with E-state index in [2.05, 4.69) is 37.1 Å². The smallest absolute Gasteiger partial charge is 0.293 e. The summed E-state index contributed by atoms with van der Waals surface area (Å²) < 4.78 is 5.82. The Morgan fingerprint density at radius 2 is 1.89 bits per heavy atom. The summed E-state index contributed by atoms with van der Waals surface area (Å²) in [5.74, 6) is 0.358. The fraction of sp³-hybridized carbons (Fsp3) is 0.375. The third-order valence-electron chi connectivity index (χ3n) is 6.71. The van der Waals surface area contributed by atoms with Gasteiger partial charge in [-0.1, -0.05) is 29.4 Å². The summed E-state index contributed by atoms with van der Waals surface area (Å²) in [7, 11) is 0. The average molecular weight is 512 g/mol. The molecule has 3 N–H and O–H groups in total. The highest BCUT2D eigenvalue weighted by Gasteiger charge is 2.47. The largest absolute Gasteiger partial charge is 0.376 e. The Morgan fingerprint density at radius 1 is 1.17 bits per heavy atom. The van der Waals surface area contributed by atoms with Gasteiger partial charge in [-0.2, -0.15) is 0 Å². The Labute approximate surface area is 212 Å². The zero-order chi connectivity index (χ0) is 24.4. The van der Waals surface area contributed by atoms with Crippen LogP contribution in [0.2, 0.25) is 5.02 Å². The normalized spacial score (nSPS) is 21.3. The van der Waals surface area contributed by atoms with Crippen LogP contribution < -0.4 is 16.0 Å². The minimum Gasteiger partial charge on any atom is -0.376 e. The third-order valence-corrected chi connectivity index (χ3v) is 8.24. The SMILES string of the molecule is C[C@@H]1OCC2(CCN(c3ncc(Sc4cccc(NC(=O)c5ncccn5)c4Cl)cn3)CC2)[C@@H]1N. The average Bonchev–Trinajstić information content (AvgIpc) is 3.16. The molecule has 1 aromatic carbocycles. The van der Waals surface area contributed by atoms with Gasteiger partial charge in [-0.3, -0.25) is 4.79 Å². The van der Waals surface area contributed by atoms with E-state index in [4.69, 9.17) is 22.1 Å². The van der Waals surface area contributed by atoms with Gasteiger partial charge in [0.25, 0.3) is 5.91 Å². The lowest BCUT2D eigenvalue weighted by Gasteiger charge is -2.41. The molecule has 2 aliphatic heterocycles. The van der Waals surface area contributed by atoms with Crippen LogP contribution in [0.1, 0.15) is 30.4 Å². The number of halogens is 1. The van der Waals surface area contributed by atoms with Crippen LogP contribution in [0.25, 0.3) is 0 Å². The van der Waals surface area contributed by atoms with Crippen molar-refractivity contribution >= 4 is 40.9 Å². The highest BCUT2D eigenvalue weighted by molar-refractivity contribution is 7.99. The minimum atomic E-state index is -0.426. The maximum absolute atomic E-state index is 12.4. The van der Waals surface area contributed by atoms with Gasteiger partial charge in [0.2, 0.25) is 11.8 Å². The van der Waals surface area contributed by atoms with Gasteiger partial charge < -0.3 is 20.7 Å². The second kappa shape index (κ2) is 10.1. The number of ether oxygens (including phenoxy) is 1. The number of nitrogens with zero attached hydrogens (tertiary/aromatic N) is 5. The molecule has 0 unspecified atom stereocenters. The fourth-order valence-electron chi connectivity index (χ4n) is 4.56. The van der Waals surface area contributed by atoms with Crippen LogP contribution >= 0.6 is 23.4 Å². The number of nitrogens with two attached hydrogens (primary N) is 1. The summed E-state index contributed by atoms with van der Waals surface area (Å²) in [5, 5.41) is 3.19. The topological polar surface area (TPSA) is 119 Å². The lowest BCUT2D eigenvalue weighted by molar-refractivity contribution is 0.0973. The molecule has 11 heteroatoms. The van der Waals surface area contributed by atoms with Crippen molar-refractivity contribution in [1.29, 1.82) is 0 Å². The molecule has 5 rings (SSSR count). The molecular formula is C24H26ClN7O2S. The van der Waals surface area contributed by atoms with Crippen LogP contribution in [0, 0.1) is 5.41 Å². The summed E-state index contributed by atoms with van der Waals surface area (Å²) in [6.45, 7) is 4.50. The molecule has 2 atom stereocenters. The van der Waals surface area contributed by atoms with Crippen LogP contribution in [0.15, 0.2) is 58.8 Å². The molecule has 35 heavy (non-hydrogen) atoms. The molecule has 4 heterocycles. The highest BCUT2D eigenvalue weighted by atomic mass is 35.5. The van der Waals surface area contributed by atoms with Crippen molar-refractivity contribution in [1.82, 2.24) is 19.9 Å². The summed E-state index contributed by atoms with van der Waals surface area (Å²) in [5.41, 5.74) is 6.98. The van der Waals surface area contributed by atoms with Gasteiger partial charge in [0.15, 0.2) is 0 Å². The van der Waals surface area contributed by atoms with Gasteiger partial charge in [-0.05, 0) is 38.0 Å². The monoisotopic (exact) mass is 511 g/mol. The lowest BCUT2D eigenvalue weighted by atomic mass is 9.73. The number of piperidine rings is 1. The number of hydrogen-bond donors (Lipinski definition) is 2. The van der Waals surface area contributed by atoms with E-state index in [1.54, 1.807) is 24.5 Å². The molecule has 2 aromatic heterocycles. The molecule has 1 spiro atoms. The van der Waals surface area contributed by atoms with Crippen molar-refractivity contribution in [3.05, 3.63) is 59.9 Å². The predicted molar refractivity (Wildman–Crippen MR) is 135 cm³/mol. The van der Waals surface area contributed by atoms with Gasteiger partial charge in [0, 0.05) is 59.1 Å². The molecule has 2 saturated heterocycles. The predicted octanol–water partition coefficient (Wildman–Crippen LogP) is 3.66. The molecule has 0 saturated carbocycles. The van der Waals surface area contributed by atoms with Crippen molar-refractivity contribution in [2.45, 2.75) is 41.7 Å². The molecule has 2 aliphatic rings. The number of amides is 1. The van der Waals surface area contributed by atoms with E-state index >= 15 is 0 Å². The zero-order valence-corrected chi connectivity index (χ0v) is 20.8. The number of benzene rings is 1. The number of aromatic nitrogens is 4. The highest BCUT2D eigenvalue weighted by Crippen LogP contribution is 2.42. The number of nitrogens with one attached hydrogen (secondary N) is 1. The van der Waals surface area contributed by atoms with Crippen molar-refractivity contribution in [2.75, 3.05) is 29.9 Å². The van der Waals surface area contributed by atoms with Crippen molar-refractivity contribution in [3.8, 4) is 0 Å². The van der Waals surface area contributed by atoms with Crippen LogP contribution in [-0.2, 0) is 4.74 Å². The Bertz CT molecular complexity index is 1190. The molecule has 9 nitrogen and oxygen atoms in total. The maximum atomic E-state index is 12.4. The van der Waals surface area contributed by atoms with E-state index in [9.17, 15) is 4.79 Å². The molecule has 1 amide bonds. The molecule has 2 fully saturated rings. The Balaban J connectivity index is 1.22. The minimum absolute atomic E-state index is 0.0650. The molecule has 3 aromatic rings. The second-order valence-corrected chi connectivity index (χ2v) is 10.3. The van der Waals surface area contributed by atoms with E-state index in [1.165, 1.54) is 24.2 Å². The number of rotatable bonds is 5. The second-order valence-electron chi connectivity index (χ2n) is 8.86. The Morgan fingerprint density at radius 3 is 2.54 bits per heavy atom. The van der Waals surface area contributed by atoms with Crippen molar-refractivity contribution in [2.24, 2.45) is 11.1 Å².